The summed E-state index contributed by atoms with van der Waals surface area (Å²) in [6, 6.07) is 11.6. The zero-order chi connectivity index (χ0) is 19.8. The third-order valence-electron chi connectivity index (χ3n) is 4.72. The molecule has 2 N–H and O–H groups in total. The number of benzene rings is 1. The molecule has 0 saturated carbocycles. The second-order valence-corrected chi connectivity index (χ2v) is 7.00. The van der Waals surface area contributed by atoms with Gasteiger partial charge in [0, 0.05) is 51.8 Å². The number of aryl methyl sites for hydroxylation is 1. The van der Waals surface area contributed by atoms with Crippen molar-refractivity contribution in [1.82, 2.24) is 20.3 Å². The summed E-state index contributed by atoms with van der Waals surface area (Å²) in [5.41, 5.74) is 1.10. The molecule has 2 amide bonds. The van der Waals surface area contributed by atoms with Crippen molar-refractivity contribution >= 4 is 17.6 Å². The fourth-order valence-corrected chi connectivity index (χ4v) is 3.12. The van der Waals surface area contributed by atoms with Crippen LogP contribution in [0.1, 0.15) is 17.7 Å². The minimum absolute atomic E-state index is 0.0413. The van der Waals surface area contributed by atoms with Gasteiger partial charge in [0.15, 0.2) is 5.82 Å². The largest absolute Gasteiger partial charge is 0.360 e. The first-order chi connectivity index (χ1) is 13.6. The van der Waals surface area contributed by atoms with E-state index < -0.39 is 0 Å². The van der Waals surface area contributed by atoms with Crippen molar-refractivity contribution in [2.75, 3.05) is 44.6 Å². The highest BCUT2D eigenvalue weighted by Gasteiger charge is 2.19. The van der Waals surface area contributed by atoms with Gasteiger partial charge in [0.05, 0.1) is 6.54 Å². The molecular formula is C20H27N5O3. The predicted molar refractivity (Wildman–Crippen MR) is 106 cm³/mol. The van der Waals surface area contributed by atoms with Gasteiger partial charge in [-0.25, -0.2) is 0 Å². The first kappa shape index (κ1) is 20.0. The van der Waals surface area contributed by atoms with Crippen molar-refractivity contribution in [2.24, 2.45) is 0 Å². The van der Waals surface area contributed by atoms with Crippen molar-refractivity contribution < 1.29 is 14.1 Å². The molecule has 1 aliphatic rings. The number of carbonyl (C=O) groups excluding carboxylic acids is 2. The third-order valence-corrected chi connectivity index (χ3v) is 4.72. The molecule has 2 aromatic rings. The van der Waals surface area contributed by atoms with Gasteiger partial charge in [-0.05, 0) is 12.5 Å². The Bertz CT molecular complexity index is 769. The number of rotatable bonds is 8. The van der Waals surface area contributed by atoms with E-state index in [0.29, 0.717) is 37.6 Å². The van der Waals surface area contributed by atoms with Crippen LogP contribution in [0.25, 0.3) is 0 Å². The lowest BCUT2D eigenvalue weighted by atomic mass is 10.2. The quantitative estimate of drug-likeness (QED) is 0.711. The Morgan fingerprint density at radius 2 is 1.79 bits per heavy atom. The Hall–Kier alpha value is -2.71. The Kier molecular flexibility index (Phi) is 7.16. The molecule has 0 aliphatic carbocycles. The van der Waals surface area contributed by atoms with Gasteiger partial charge in [-0.15, -0.1) is 0 Å². The molecule has 1 fully saturated rings. The maximum Gasteiger partial charge on any atom is 0.234 e. The van der Waals surface area contributed by atoms with E-state index >= 15 is 0 Å². The summed E-state index contributed by atoms with van der Waals surface area (Å²) in [7, 11) is 0. The molecule has 28 heavy (non-hydrogen) atoms. The summed E-state index contributed by atoms with van der Waals surface area (Å²) in [4.78, 5) is 28.5. The summed E-state index contributed by atoms with van der Waals surface area (Å²) in [5, 5.41) is 9.45. The van der Waals surface area contributed by atoms with E-state index in [2.05, 4.69) is 25.6 Å². The molecule has 1 aromatic carbocycles. The molecule has 0 radical (unpaired) electrons. The lowest BCUT2D eigenvalue weighted by Crippen LogP contribution is -2.49. The SMILES string of the molecule is Cc1cc(NC(=O)CCN2CCN(CC(=O)NCc3ccccc3)CC2)no1. The molecule has 1 aromatic heterocycles. The summed E-state index contributed by atoms with van der Waals surface area (Å²) in [6.45, 7) is 6.78. The van der Waals surface area contributed by atoms with Gasteiger partial charge in [0.25, 0.3) is 0 Å². The number of aromatic nitrogens is 1. The smallest absolute Gasteiger partial charge is 0.234 e. The summed E-state index contributed by atoms with van der Waals surface area (Å²) >= 11 is 0. The number of hydrogen-bond donors (Lipinski definition) is 2. The van der Waals surface area contributed by atoms with Gasteiger partial charge in [-0.2, -0.15) is 0 Å². The molecule has 0 atom stereocenters. The zero-order valence-corrected chi connectivity index (χ0v) is 16.2. The molecule has 0 spiro atoms. The van der Waals surface area contributed by atoms with Crippen molar-refractivity contribution in [3.8, 4) is 0 Å². The molecule has 1 aliphatic heterocycles. The summed E-state index contributed by atoms with van der Waals surface area (Å²) in [6.07, 6.45) is 0.406. The summed E-state index contributed by atoms with van der Waals surface area (Å²) in [5.74, 6) is 1.09. The van der Waals surface area contributed by atoms with Gasteiger partial charge in [0.1, 0.15) is 5.76 Å². The van der Waals surface area contributed by atoms with E-state index in [1.807, 2.05) is 30.3 Å². The van der Waals surface area contributed by atoms with Gasteiger partial charge in [-0.1, -0.05) is 35.5 Å². The van der Waals surface area contributed by atoms with Crippen LogP contribution in [0.4, 0.5) is 5.82 Å². The van der Waals surface area contributed by atoms with Gasteiger partial charge < -0.3 is 20.1 Å². The average molecular weight is 385 g/mol. The van der Waals surface area contributed by atoms with Crippen molar-refractivity contribution in [3.63, 3.8) is 0 Å². The lowest BCUT2D eigenvalue weighted by molar-refractivity contribution is -0.122. The zero-order valence-electron chi connectivity index (χ0n) is 16.2. The molecular weight excluding hydrogens is 358 g/mol. The minimum Gasteiger partial charge on any atom is -0.360 e. The maximum atomic E-state index is 12.1. The highest BCUT2D eigenvalue weighted by Crippen LogP contribution is 2.08. The fraction of sp³-hybridized carbons (Fsp3) is 0.450. The maximum absolute atomic E-state index is 12.1. The van der Waals surface area contributed by atoms with Crippen molar-refractivity contribution in [2.45, 2.75) is 19.9 Å². The molecule has 0 bridgehead atoms. The normalized spacial score (nSPS) is 15.3. The van der Waals surface area contributed by atoms with Crippen molar-refractivity contribution in [3.05, 3.63) is 47.7 Å². The van der Waals surface area contributed by atoms with E-state index in [-0.39, 0.29) is 11.8 Å². The monoisotopic (exact) mass is 385 g/mol. The molecule has 8 nitrogen and oxygen atoms in total. The summed E-state index contributed by atoms with van der Waals surface area (Å²) < 4.78 is 4.93. The van der Waals surface area contributed by atoms with Crippen LogP contribution in [0.3, 0.4) is 0 Å². The first-order valence-electron chi connectivity index (χ1n) is 9.57. The number of carbonyl (C=O) groups is 2. The first-order valence-corrected chi connectivity index (χ1v) is 9.57. The molecule has 150 valence electrons. The lowest BCUT2D eigenvalue weighted by Gasteiger charge is -2.34. The Morgan fingerprint density at radius 3 is 2.46 bits per heavy atom. The van der Waals surface area contributed by atoms with E-state index in [4.69, 9.17) is 4.52 Å². The van der Waals surface area contributed by atoms with E-state index in [0.717, 1.165) is 31.7 Å². The second kappa shape index (κ2) is 10.0. The van der Waals surface area contributed by atoms with Crippen molar-refractivity contribution in [1.29, 1.82) is 0 Å². The Labute approximate surface area is 164 Å². The number of nitrogens with one attached hydrogen (secondary N) is 2. The molecule has 0 unspecified atom stereocenters. The van der Waals surface area contributed by atoms with Crippen LogP contribution in [0.15, 0.2) is 40.9 Å². The van der Waals surface area contributed by atoms with Crippen LogP contribution in [0.2, 0.25) is 0 Å². The number of hydrogen-bond acceptors (Lipinski definition) is 6. The van der Waals surface area contributed by atoms with Gasteiger partial charge in [0.2, 0.25) is 11.8 Å². The van der Waals surface area contributed by atoms with Crippen LogP contribution in [-0.4, -0.2) is 66.0 Å². The third kappa shape index (κ3) is 6.47. The average Bonchev–Trinajstić information content (AvgIpc) is 3.11. The molecule has 1 saturated heterocycles. The van der Waals surface area contributed by atoms with E-state index in [9.17, 15) is 9.59 Å². The van der Waals surface area contributed by atoms with Crippen LogP contribution < -0.4 is 10.6 Å². The molecule has 8 heteroatoms. The number of anilines is 1. The minimum atomic E-state index is -0.0731. The molecule has 2 heterocycles. The number of piperazine rings is 1. The van der Waals surface area contributed by atoms with E-state index in [1.165, 1.54) is 0 Å². The van der Waals surface area contributed by atoms with Crippen LogP contribution in [-0.2, 0) is 16.1 Å². The topological polar surface area (TPSA) is 90.7 Å². The van der Waals surface area contributed by atoms with Gasteiger partial charge >= 0.3 is 0 Å². The van der Waals surface area contributed by atoms with Gasteiger partial charge in [-0.3, -0.25) is 14.5 Å². The Balaban J connectivity index is 1.29. The standard InChI is InChI=1S/C20H27N5O3/c1-16-13-18(23-28-16)22-19(26)7-8-24-9-11-25(12-10-24)15-20(27)21-14-17-5-3-2-4-6-17/h2-6,13H,7-12,14-15H2,1H3,(H,21,27)(H,22,23,26). The number of amides is 2. The number of nitrogens with zero attached hydrogens (tertiary/aromatic N) is 3. The van der Waals surface area contributed by atoms with Crippen LogP contribution in [0, 0.1) is 6.92 Å². The second-order valence-electron chi connectivity index (χ2n) is 7.00. The fourth-order valence-electron chi connectivity index (χ4n) is 3.12. The highest BCUT2D eigenvalue weighted by atomic mass is 16.5. The van der Waals surface area contributed by atoms with Crippen LogP contribution in [0.5, 0.6) is 0 Å². The Morgan fingerprint density at radius 1 is 1.07 bits per heavy atom. The predicted octanol–water partition coefficient (Wildman–Crippen LogP) is 1.25. The molecule has 3 rings (SSSR count). The highest BCUT2D eigenvalue weighted by molar-refractivity contribution is 5.89. The van der Waals surface area contributed by atoms with Crippen LogP contribution >= 0.6 is 0 Å². The van der Waals surface area contributed by atoms with E-state index in [1.54, 1.807) is 13.0 Å².